The molecule has 0 bridgehead atoms. The monoisotopic (exact) mass is 349 g/mol. The molecule has 103 valence electrons. The van der Waals surface area contributed by atoms with Crippen LogP contribution >= 0.6 is 0 Å². The SMILES string of the molecule is C[CH]CCCC(CC)NCCNC[CH2][SnH]([CH3])[CH3]. The molecule has 0 aromatic carbocycles. The average molecular weight is 348 g/mol. The first-order valence-electron chi connectivity index (χ1n) is 7.42. The maximum atomic E-state index is 3.66. The van der Waals surface area contributed by atoms with Crippen molar-refractivity contribution in [1.29, 1.82) is 0 Å². The molecule has 0 saturated carbocycles. The van der Waals surface area contributed by atoms with Crippen LogP contribution in [-0.4, -0.2) is 45.4 Å². The molecular formula is C14H33N2Sn. The summed E-state index contributed by atoms with van der Waals surface area (Å²) in [6.45, 7) is 7.94. The van der Waals surface area contributed by atoms with Crippen molar-refractivity contribution >= 4 is 19.8 Å². The van der Waals surface area contributed by atoms with Crippen molar-refractivity contribution in [2.45, 2.75) is 59.9 Å². The van der Waals surface area contributed by atoms with Crippen LogP contribution < -0.4 is 10.6 Å². The van der Waals surface area contributed by atoms with Gasteiger partial charge in [0.1, 0.15) is 0 Å². The van der Waals surface area contributed by atoms with Crippen LogP contribution in [0.2, 0.25) is 14.3 Å². The van der Waals surface area contributed by atoms with Crippen LogP contribution in [0.3, 0.4) is 0 Å². The third-order valence-electron chi connectivity index (χ3n) is 3.17. The van der Waals surface area contributed by atoms with Gasteiger partial charge in [0.25, 0.3) is 0 Å². The van der Waals surface area contributed by atoms with Gasteiger partial charge in [-0.2, -0.15) is 0 Å². The van der Waals surface area contributed by atoms with Gasteiger partial charge in [0.2, 0.25) is 0 Å². The molecule has 17 heavy (non-hydrogen) atoms. The van der Waals surface area contributed by atoms with Crippen molar-refractivity contribution < 1.29 is 0 Å². The van der Waals surface area contributed by atoms with E-state index in [1.165, 1.54) is 36.7 Å². The molecule has 0 amide bonds. The van der Waals surface area contributed by atoms with Gasteiger partial charge in [0.05, 0.1) is 0 Å². The van der Waals surface area contributed by atoms with Crippen molar-refractivity contribution in [3.8, 4) is 0 Å². The minimum atomic E-state index is -0.949. The summed E-state index contributed by atoms with van der Waals surface area (Å²) in [4.78, 5) is 4.97. The van der Waals surface area contributed by atoms with Gasteiger partial charge < -0.3 is 0 Å². The van der Waals surface area contributed by atoms with Crippen LogP contribution in [0.15, 0.2) is 0 Å². The molecule has 1 unspecified atom stereocenters. The molecule has 0 aliphatic rings. The van der Waals surface area contributed by atoms with Gasteiger partial charge in [-0.3, -0.25) is 0 Å². The Balaban J connectivity index is 3.30. The summed E-state index contributed by atoms with van der Waals surface area (Å²) in [6.07, 6.45) is 7.44. The average Bonchev–Trinajstić information content (AvgIpc) is 2.31. The molecule has 2 nitrogen and oxygen atoms in total. The molecule has 0 spiro atoms. The molecule has 0 aliphatic carbocycles. The van der Waals surface area contributed by atoms with E-state index in [4.69, 9.17) is 0 Å². The zero-order valence-electron chi connectivity index (χ0n) is 12.4. The fourth-order valence-electron chi connectivity index (χ4n) is 1.90. The van der Waals surface area contributed by atoms with Crippen LogP contribution in [0, 0.1) is 6.42 Å². The van der Waals surface area contributed by atoms with Gasteiger partial charge >= 0.3 is 116 Å². The van der Waals surface area contributed by atoms with Crippen molar-refractivity contribution in [2.24, 2.45) is 0 Å². The summed E-state index contributed by atoms with van der Waals surface area (Å²) in [7, 11) is 0. The standard InChI is InChI=1S/C12H26N2.2CH3.Sn.H/c1-4-7-8-9-12(5-2)14-11-10-13-6-3;;;;/h4,12-14H,3,5-11H2,1-2H3;2*1H3;;. The molecule has 0 aromatic heterocycles. The van der Waals surface area contributed by atoms with Gasteiger partial charge in [-0.1, -0.05) is 0 Å². The Hall–Kier alpha value is 0.719. The summed E-state index contributed by atoms with van der Waals surface area (Å²) >= 11 is -0.949. The Labute approximate surface area is 116 Å². The molecule has 1 radical (unpaired) electrons. The Bertz CT molecular complexity index is 151. The summed E-state index contributed by atoms with van der Waals surface area (Å²) in [5.41, 5.74) is 0. The van der Waals surface area contributed by atoms with Crippen LogP contribution in [0.25, 0.3) is 0 Å². The Morgan fingerprint density at radius 3 is 2.53 bits per heavy atom. The van der Waals surface area contributed by atoms with E-state index < -0.39 is 19.8 Å². The Morgan fingerprint density at radius 1 is 1.18 bits per heavy atom. The first-order chi connectivity index (χ1) is 8.20. The second-order valence-corrected chi connectivity index (χ2v) is 14.9. The van der Waals surface area contributed by atoms with E-state index in [-0.39, 0.29) is 0 Å². The van der Waals surface area contributed by atoms with Crippen LogP contribution in [0.1, 0.15) is 39.5 Å². The van der Waals surface area contributed by atoms with E-state index in [9.17, 15) is 0 Å². The van der Waals surface area contributed by atoms with Gasteiger partial charge in [0.15, 0.2) is 0 Å². The topological polar surface area (TPSA) is 24.1 Å². The molecular weight excluding hydrogens is 315 g/mol. The third kappa shape index (κ3) is 13.0. The van der Waals surface area contributed by atoms with Gasteiger partial charge in [-0.05, 0) is 0 Å². The van der Waals surface area contributed by atoms with Crippen LogP contribution in [0.4, 0.5) is 0 Å². The van der Waals surface area contributed by atoms with Crippen molar-refractivity contribution in [1.82, 2.24) is 10.6 Å². The Morgan fingerprint density at radius 2 is 1.94 bits per heavy atom. The molecule has 0 saturated heterocycles. The molecule has 0 rings (SSSR count). The van der Waals surface area contributed by atoms with Gasteiger partial charge in [0, 0.05) is 0 Å². The van der Waals surface area contributed by atoms with Crippen molar-refractivity contribution in [3.05, 3.63) is 6.42 Å². The molecule has 1 atom stereocenters. The van der Waals surface area contributed by atoms with Gasteiger partial charge in [-0.25, -0.2) is 0 Å². The van der Waals surface area contributed by atoms with Crippen LogP contribution in [-0.2, 0) is 0 Å². The predicted octanol–water partition coefficient (Wildman–Crippen LogP) is 2.83. The number of hydrogen-bond donors (Lipinski definition) is 2. The van der Waals surface area contributed by atoms with Gasteiger partial charge in [-0.15, -0.1) is 0 Å². The summed E-state index contributed by atoms with van der Waals surface area (Å²) < 4.78 is 1.49. The zero-order valence-corrected chi connectivity index (χ0v) is 15.7. The fourth-order valence-corrected chi connectivity index (χ4v) is 4.13. The van der Waals surface area contributed by atoms with Crippen LogP contribution in [0.5, 0.6) is 0 Å². The predicted molar refractivity (Wildman–Crippen MR) is 82.5 cm³/mol. The second-order valence-electron chi connectivity index (χ2n) is 5.33. The normalized spacial score (nSPS) is 13.2. The molecule has 0 aliphatic heterocycles. The van der Waals surface area contributed by atoms with E-state index in [0.717, 1.165) is 19.1 Å². The molecule has 3 heteroatoms. The maximum absolute atomic E-state index is 3.66. The molecule has 0 heterocycles. The summed E-state index contributed by atoms with van der Waals surface area (Å²) in [5.74, 6) is 0. The second kappa shape index (κ2) is 13.2. The first kappa shape index (κ1) is 17.7. The van der Waals surface area contributed by atoms with Crippen molar-refractivity contribution in [3.63, 3.8) is 0 Å². The van der Waals surface area contributed by atoms with E-state index >= 15 is 0 Å². The van der Waals surface area contributed by atoms with E-state index in [1.54, 1.807) is 0 Å². The van der Waals surface area contributed by atoms with Crippen molar-refractivity contribution in [2.75, 3.05) is 19.6 Å². The number of nitrogens with one attached hydrogen (secondary N) is 2. The first-order valence-corrected chi connectivity index (χ1v) is 16.3. The number of hydrogen-bond acceptors (Lipinski definition) is 2. The van der Waals surface area contributed by atoms with E-state index in [1.807, 2.05) is 0 Å². The minimum absolute atomic E-state index is 0.723. The third-order valence-corrected chi connectivity index (χ3v) is 7.29. The fraction of sp³-hybridized carbons (Fsp3) is 0.929. The summed E-state index contributed by atoms with van der Waals surface area (Å²) in [5, 5.41) is 7.20. The number of rotatable bonds is 12. The molecule has 0 fully saturated rings. The molecule has 0 aromatic rings. The molecule has 2 N–H and O–H groups in total. The summed E-state index contributed by atoms with van der Waals surface area (Å²) in [6, 6.07) is 0.723. The quantitative estimate of drug-likeness (QED) is 0.419. The zero-order chi connectivity index (χ0) is 12.9. The Kier molecular flexibility index (Phi) is 13.7. The van der Waals surface area contributed by atoms with E-state index in [2.05, 4.69) is 40.8 Å². The number of unbranched alkanes of at least 4 members (excludes halogenated alkanes) is 2. The van der Waals surface area contributed by atoms with E-state index in [0.29, 0.717) is 0 Å².